The standard InChI is InChI=1S/C40H38F8O/c1-2-3-4-7-25-10-12-27(13-11-25)28-14-16-29(17-15-28)31-19-18-30(33(41)22-31)9-6-5-8-26-20-34(42)38(35(43)21-26)40(47,48)49-32-23-36(44)39(46)37(45)24-32/h5,8,14-25,27H,2-4,6-7,9-13H2,1H3/b8-5+. The first kappa shape index (κ1) is 36.1. The van der Waals surface area contributed by atoms with Gasteiger partial charge in [0, 0.05) is 12.1 Å². The summed E-state index contributed by atoms with van der Waals surface area (Å²) >= 11 is 0. The number of rotatable bonds is 13. The van der Waals surface area contributed by atoms with E-state index in [-0.39, 0.29) is 36.4 Å². The molecular weight excluding hydrogens is 648 g/mol. The van der Waals surface area contributed by atoms with Crippen molar-refractivity contribution in [2.75, 3.05) is 0 Å². The molecule has 0 atom stereocenters. The van der Waals surface area contributed by atoms with Crippen LogP contribution in [0.5, 0.6) is 5.75 Å². The minimum Gasteiger partial charge on any atom is -0.429 e. The number of aryl methyl sites for hydroxylation is 1. The van der Waals surface area contributed by atoms with Gasteiger partial charge in [-0.2, -0.15) is 8.78 Å². The summed E-state index contributed by atoms with van der Waals surface area (Å²) in [7, 11) is 0. The van der Waals surface area contributed by atoms with Gasteiger partial charge in [-0.1, -0.05) is 81.2 Å². The molecule has 1 fully saturated rings. The highest BCUT2D eigenvalue weighted by atomic mass is 19.3. The predicted molar refractivity (Wildman–Crippen MR) is 175 cm³/mol. The third kappa shape index (κ3) is 9.11. The highest BCUT2D eigenvalue weighted by molar-refractivity contribution is 5.64. The van der Waals surface area contributed by atoms with E-state index in [1.165, 1.54) is 75.1 Å². The van der Waals surface area contributed by atoms with Gasteiger partial charge in [-0.15, -0.1) is 0 Å². The van der Waals surface area contributed by atoms with Crippen LogP contribution in [-0.4, -0.2) is 0 Å². The Kier molecular flexibility index (Phi) is 11.8. The molecule has 1 aliphatic rings. The minimum atomic E-state index is -4.67. The molecule has 1 aliphatic carbocycles. The summed E-state index contributed by atoms with van der Waals surface area (Å²) in [5.74, 6) is -9.02. The maximum absolute atomic E-state index is 15.0. The molecule has 0 aliphatic heterocycles. The lowest BCUT2D eigenvalue weighted by Crippen LogP contribution is -2.25. The van der Waals surface area contributed by atoms with Crippen LogP contribution >= 0.6 is 0 Å². The van der Waals surface area contributed by atoms with E-state index in [0.29, 0.717) is 23.6 Å². The first-order chi connectivity index (χ1) is 23.4. The van der Waals surface area contributed by atoms with Gasteiger partial charge in [-0.25, -0.2) is 26.3 Å². The lowest BCUT2D eigenvalue weighted by molar-refractivity contribution is -0.189. The van der Waals surface area contributed by atoms with Crippen LogP contribution in [0.25, 0.3) is 17.2 Å². The molecule has 1 nitrogen and oxygen atoms in total. The number of hydrogen-bond acceptors (Lipinski definition) is 1. The zero-order valence-corrected chi connectivity index (χ0v) is 27.2. The third-order valence-corrected chi connectivity index (χ3v) is 9.28. The highest BCUT2D eigenvalue weighted by Crippen LogP contribution is 2.39. The van der Waals surface area contributed by atoms with Crippen LogP contribution in [-0.2, 0) is 12.5 Å². The second kappa shape index (κ2) is 16.0. The van der Waals surface area contributed by atoms with Gasteiger partial charge >= 0.3 is 6.11 Å². The van der Waals surface area contributed by atoms with Crippen LogP contribution in [0, 0.1) is 40.8 Å². The van der Waals surface area contributed by atoms with E-state index >= 15 is 4.39 Å². The molecule has 0 N–H and O–H groups in total. The van der Waals surface area contributed by atoms with Gasteiger partial charge in [0.1, 0.15) is 28.8 Å². The summed E-state index contributed by atoms with van der Waals surface area (Å²) in [4.78, 5) is 0. The number of allylic oxidation sites excluding steroid dienone is 1. The number of halogens is 8. The van der Waals surface area contributed by atoms with E-state index in [1.807, 2.05) is 18.2 Å². The second-order valence-electron chi connectivity index (χ2n) is 12.8. The topological polar surface area (TPSA) is 9.23 Å². The van der Waals surface area contributed by atoms with Crippen molar-refractivity contribution in [1.82, 2.24) is 0 Å². The lowest BCUT2D eigenvalue weighted by Gasteiger charge is -2.29. The number of benzene rings is 4. The summed E-state index contributed by atoms with van der Waals surface area (Å²) in [6, 6.07) is 14.9. The average Bonchev–Trinajstić information content (AvgIpc) is 3.06. The second-order valence-corrected chi connectivity index (χ2v) is 12.8. The molecule has 0 saturated heterocycles. The maximum atomic E-state index is 15.0. The predicted octanol–water partition coefficient (Wildman–Crippen LogP) is 12.8. The van der Waals surface area contributed by atoms with E-state index < -0.39 is 46.5 Å². The van der Waals surface area contributed by atoms with E-state index in [0.717, 1.165) is 17.0 Å². The zero-order chi connectivity index (χ0) is 35.1. The molecule has 0 aromatic heterocycles. The third-order valence-electron chi connectivity index (χ3n) is 9.28. The van der Waals surface area contributed by atoms with E-state index in [4.69, 9.17) is 0 Å². The van der Waals surface area contributed by atoms with Crippen molar-refractivity contribution in [3.63, 3.8) is 0 Å². The summed E-state index contributed by atoms with van der Waals surface area (Å²) in [6.45, 7) is 2.24. The van der Waals surface area contributed by atoms with Crippen molar-refractivity contribution >= 4 is 6.08 Å². The quantitative estimate of drug-likeness (QED) is 0.0773. The Hall–Kier alpha value is -4.14. The first-order valence-electron chi connectivity index (χ1n) is 16.7. The molecule has 4 aromatic carbocycles. The summed E-state index contributed by atoms with van der Waals surface area (Å²) < 4.78 is 117. The van der Waals surface area contributed by atoms with Crippen molar-refractivity contribution in [3.05, 3.63) is 130 Å². The fourth-order valence-corrected chi connectivity index (χ4v) is 6.56. The van der Waals surface area contributed by atoms with Gasteiger partial charge in [0.15, 0.2) is 17.5 Å². The molecule has 0 unspecified atom stereocenters. The molecule has 0 spiro atoms. The van der Waals surface area contributed by atoms with Crippen molar-refractivity contribution in [3.8, 4) is 16.9 Å². The molecule has 4 aromatic rings. The molecule has 49 heavy (non-hydrogen) atoms. The largest absolute Gasteiger partial charge is 0.432 e. The Morgan fingerprint density at radius 2 is 1.35 bits per heavy atom. The lowest BCUT2D eigenvalue weighted by atomic mass is 9.77. The van der Waals surface area contributed by atoms with Gasteiger partial charge in [0.25, 0.3) is 0 Å². The van der Waals surface area contributed by atoms with Crippen LogP contribution in [0.15, 0.2) is 72.8 Å². The molecule has 5 rings (SSSR count). The van der Waals surface area contributed by atoms with E-state index in [2.05, 4.69) is 23.8 Å². The summed E-state index contributed by atoms with van der Waals surface area (Å²) in [5, 5.41) is 0. The van der Waals surface area contributed by atoms with Crippen LogP contribution < -0.4 is 4.74 Å². The molecule has 1 saturated carbocycles. The van der Waals surface area contributed by atoms with Crippen molar-refractivity contribution in [1.29, 1.82) is 0 Å². The highest BCUT2D eigenvalue weighted by Gasteiger charge is 2.41. The maximum Gasteiger partial charge on any atom is 0.432 e. The number of hydrogen-bond donors (Lipinski definition) is 0. The number of alkyl halides is 2. The monoisotopic (exact) mass is 686 g/mol. The van der Waals surface area contributed by atoms with Gasteiger partial charge in [-0.3, -0.25) is 0 Å². The Bertz CT molecular complexity index is 1710. The number of unbranched alkanes of at least 4 members (excludes halogenated alkanes) is 2. The van der Waals surface area contributed by atoms with Crippen LogP contribution in [0.4, 0.5) is 35.1 Å². The molecular formula is C40H38F8O. The van der Waals surface area contributed by atoms with Crippen molar-refractivity contribution < 1.29 is 39.9 Å². The molecule has 0 bridgehead atoms. The number of ether oxygens (including phenoxy) is 1. The Morgan fingerprint density at radius 1 is 0.714 bits per heavy atom. The van der Waals surface area contributed by atoms with Gasteiger partial charge in [0.2, 0.25) is 0 Å². The van der Waals surface area contributed by atoms with Crippen molar-refractivity contribution in [2.45, 2.75) is 83.2 Å². The van der Waals surface area contributed by atoms with Gasteiger partial charge < -0.3 is 4.74 Å². The zero-order valence-electron chi connectivity index (χ0n) is 27.2. The molecule has 0 radical (unpaired) electrons. The fraction of sp³-hybridized carbons (Fsp3) is 0.350. The molecule has 260 valence electrons. The molecule has 9 heteroatoms. The Labute approximate surface area is 281 Å². The van der Waals surface area contributed by atoms with E-state index in [9.17, 15) is 30.7 Å². The SMILES string of the molecule is CCCCCC1CCC(c2ccc(-c3ccc(CC/C=C/c4cc(F)c(C(F)(F)Oc5cc(F)c(F)c(F)c5)c(F)c4)c(F)c3)cc2)CC1. The minimum absolute atomic E-state index is 0.0901. The van der Waals surface area contributed by atoms with Crippen LogP contribution in [0.3, 0.4) is 0 Å². The van der Waals surface area contributed by atoms with Gasteiger partial charge in [-0.05, 0) is 96.4 Å². The summed E-state index contributed by atoms with van der Waals surface area (Å²) in [6.07, 6.45) is 8.92. The van der Waals surface area contributed by atoms with Crippen LogP contribution in [0.2, 0.25) is 0 Å². The molecule has 0 heterocycles. The smallest absolute Gasteiger partial charge is 0.429 e. The van der Waals surface area contributed by atoms with Gasteiger partial charge in [0.05, 0.1) is 0 Å². The van der Waals surface area contributed by atoms with E-state index in [1.54, 1.807) is 6.07 Å². The molecule has 0 amide bonds. The normalized spacial score (nSPS) is 16.8. The first-order valence-corrected chi connectivity index (χ1v) is 16.7. The van der Waals surface area contributed by atoms with Crippen molar-refractivity contribution in [2.24, 2.45) is 5.92 Å². The average molecular weight is 687 g/mol. The van der Waals surface area contributed by atoms with Crippen LogP contribution in [0.1, 0.15) is 92.9 Å². The Morgan fingerprint density at radius 3 is 1.96 bits per heavy atom. The Balaban J connectivity index is 1.15. The summed E-state index contributed by atoms with van der Waals surface area (Å²) in [5.41, 5.74) is 1.57. The fourth-order valence-electron chi connectivity index (χ4n) is 6.56.